The number of ketones is 1. The van der Waals surface area contributed by atoms with Crippen molar-refractivity contribution in [1.82, 2.24) is 9.88 Å². The number of likely N-dealkylation sites (N-methyl/N-ethyl adjacent to an activating group) is 1. The molecule has 0 spiro atoms. The molecule has 2 aromatic carbocycles. The summed E-state index contributed by atoms with van der Waals surface area (Å²) < 4.78 is 5.70. The normalized spacial score (nSPS) is 19.8. The minimum Gasteiger partial charge on any atom is -0.507 e. The third-order valence-corrected chi connectivity index (χ3v) is 6.94. The van der Waals surface area contributed by atoms with Crippen LogP contribution in [0.4, 0.5) is 11.4 Å². The predicted molar refractivity (Wildman–Crippen MR) is 147 cm³/mol. The molecule has 8 nitrogen and oxygen atoms in total. The van der Waals surface area contributed by atoms with Gasteiger partial charge in [-0.25, -0.2) is 0 Å². The number of hydrogen-bond acceptors (Lipinski definition) is 7. The second kappa shape index (κ2) is 10.7. The van der Waals surface area contributed by atoms with Gasteiger partial charge in [0.15, 0.2) is 0 Å². The van der Waals surface area contributed by atoms with Gasteiger partial charge in [-0.3, -0.25) is 19.5 Å². The fraction of sp³-hybridized carbons (Fsp3) is 0.300. The number of nitrogens with zero attached hydrogens (tertiary/aromatic N) is 4. The van der Waals surface area contributed by atoms with Crippen LogP contribution in [0.25, 0.3) is 5.76 Å². The van der Waals surface area contributed by atoms with E-state index in [0.717, 1.165) is 31.9 Å². The average molecular weight is 513 g/mol. The Bertz CT molecular complexity index is 1330. The quantitative estimate of drug-likeness (QED) is 0.300. The lowest BCUT2D eigenvalue weighted by Crippen LogP contribution is -2.44. The highest BCUT2D eigenvalue weighted by atomic mass is 16.5. The molecule has 38 heavy (non-hydrogen) atoms. The van der Waals surface area contributed by atoms with Crippen molar-refractivity contribution in [3.8, 4) is 5.75 Å². The molecule has 0 radical (unpaired) electrons. The number of amides is 1. The summed E-state index contributed by atoms with van der Waals surface area (Å²) in [5, 5.41) is 11.3. The van der Waals surface area contributed by atoms with Gasteiger partial charge in [-0.2, -0.15) is 0 Å². The van der Waals surface area contributed by atoms with E-state index in [1.165, 1.54) is 4.90 Å². The monoisotopic (exact) mass is 512 g/mol. The Balaban J connectivity index is 1.53. The number of carbonyl (C=O) groups excluding carboxylic acids is 2. The minimum absolute atomic E-state index is 0.00740. The van der Waals surface area contributed by atoms with E-state index in [9.17, 15) is 14.7 Å². The summed E-state index contributed by atoms with van der Waals surface area (Å²) in [5.74, 6) is -0.999. The number of aliphatic hydroxyl groups is 1. The third kappa shape index (κ3) is 4.99. The van der Waals surface area contributed by atoms with Crippen molar-refractivity contribution in [1.29, 1.82) is 0 Å². The zero-order chi connectivity index (χ0) is 26.8. The van der Waals surface area contributed by atoms with Gasteiger partial charge in [-0.05, 0) is 81.1 Å². The van der Waals surface area contributed by atoms with E-state index in [1.807, 2.05) is 44.2 Å². The Labute approximate surface area is 222 Å². The number of benzene rings is 2. The second-order valence-corrected chi connectivity index (χ2v) is 9.95. The van der Waals surface area contributed by atoms with Gasteiger partial charge in [0.05, 0.1) is 17.7 Å². The van der Waals surface area contributed by atoms with Crippen molar-refractivity contribution < 1.29 is 19.4 Å². The lowest BCUT2D eigenvalue weighted by atomic mass is 9.96. The third-order valence-electron chi connectivity index (χ3n) is 6.94. The number of aromatic nitrogens is 1. The van der Waals surface area contributed by atoms with E-state index in [2.05, 4.69) is 21.8 Å². The lowest BCUT2D eigenvalue weighted by Gasteiger charge is -2.34. The largest absolute Gasteiger partial charge is 0.507 e. The number of aliphatic hydroxyl groups excluding tert-OH is 1. The summed E-state index contributed by atoms with van der Waals surface area (Å²) >= 11 is 0. The van der Waals surface area contributed by atoms with Crippen LogP contribution in [0.2, 0.25) is 0 Å². The lowest BCUT2D eigenvalue weighted by molar-refractivity contribution is -0.132. The maximum Gasteiger partial charge on any atom is 0.300 e. The number of anilines is 2. The molecule has 2 fully saturated rings. The summed E-state index contributed by atoms with van der Waals surface area (Å²) in [7, 11) is 2.11. The second-order valence-electron chi connectivity index (χ2n) is 9.95. The molecule has 1 amide bonds. The molecule has 1 aromatic heterocycles. The van der Waals surface area contributed by atoms with Crippen LogP contribution in [0.5, 0.6) is 5.75 Å². The fourth-order valence-corrected chi connectivity index (χ4v) is 4.96. The molecule has 0 bridgehead atoms. The summed E-state index contributed by atoms with van der Waals surface area (Å²) in [4.78, 5) is 37.1. The first-order chi connectivity index (χ1) is 18.3. The summed E-state index contributed by atoms with van der Waals surface area (Å²) in [6, 6.07) is 17.3. The summed E-state index contributed by atoms with van der Waals surface area (Å²) in [6.07, 6.45) is 3.26. The van der Waals surface area contributed by atoms with E-state index in [0.29, 0.717) is 22.6 Å². The molecule has 3 heterocycles. The molecule has 3 aromatic rings. The van der Waals surface area contributed by atoms with E-state index in [1.54, 1.807) is 42.7 Å². The van der Waals surface area contributed by atoms with Gasteiger partial charge in [-0.15, -0.1) is 0 Å². The molecule has 5 rings (SSSR count). The van der Waals surface area contributed by atoms with Crippen LogP contribution in [0, 0.1) is 0 Å². The zero-order valence-corrected chi connectivity index (χ0v) is 21.9. The topological polar surface area (TPSA) is 86.2 Å². The molecule has 0 aliphatic carbocycles. The zero-order valence-electron chi connectivity index (χ0n) is 21.9. The van der Waals surface area contributed by atoms with Crippen LogP contribution in [-0.2, 0) is 9.59 Å². The van der Waals surface area contributed by atoms with E-state index in [-0.39, 0.29) is 17.4 Å². The van der Waals surface area contributed by atoms with E-state index in [4.69, 9.17) is 4.74 Å². The smallest absolute Gasteiger partial charge is 0.300 e. The standard InChI is InChI=1S/C30H32N4O4/c1-20(2)38-25-12-6-21(7-13-25)28(35)26-27(22-5-4-14-31-19-22)34(30(37)29(26)36)24-10-8-23(9-11-24)33-17-15-32(3)16-18-33/h4-14,19-20,27,35H,15-18H2,1-3H3/b28-26+. The van der Waals surface area contributed by atoms with Crippen molar-refractivity contribution in [2.75, 3.05) is 43.0 Å². The van der Waals surface area contributed by atoms with Crippen LogP contribution in [-0.4, -0.2) is 66.0 Å². The van der Waals surface area contributed by atoms with Crippen LogP contribution in [0.3, 0.4) is 0 Å². The number of piperazine rings is 1. The number of ether oxygens (including phenoxy) is 1. The van der Waals surface area contributed by atoms with Gasteiger partial charge in [0.1, 0.15) is 11.5 Å². The van der Waals surface area contributed by atoms with Gasteiger partial charge in [0, 0.05) is 55.5 Å². The number of hydrogen-bond donors (Lipinski definition) is 1. The Morgan fingerprint density at radius 2 is 1.61 bits per heavy atom. The number of carbonyl (C=O) groups is 2. The molecule has 1 unspecified atom stereocenters. The molecule has 2 aliphatic rings. The van der Waals surface area contributed by atoms with Crippen LogP contribution >= 0.6 is 0 Å². The Morgan fingerprint density at radius 3 is 2.21 bits per heavy atom. The van der Waals surface area contributed by atoms with E-state index < -0.39 is 17.7 Å². The summed E-state index contributed by atoms with van der Waals surface area (Å²) in [6.45, 7) is 7.69. The predicted octanol–water partition coefficient (Wildman–Crippen LogP) is 4.25. The first kappa shape index (κ1) is 25.5. The van der Waals surface area contributed by atoms with Crippen molar-refractivity contribution >= 4 is 28.8 Å². The SMILES string of the molecule is CC(C)Oc1ccc(/C(O)=C2\C(=O)C(=O)N(c3ccc(N4CCN(C)CC4)cc3)C2c2cccnc2)cc1. The van der Waals surface area contributed by atoms with E-state index >= 15 is 0 Å². The molecule has 2 saturated heterocycles. The Morgan fingerprint density at radius 1 is 0.947 bits per heavy atom. The number of pyridine rings is 1. The molecular formula is C30H32N4O4. The Kier molecular flexibility index (Phi) is 7.15. The minimum atomic E-state index is -0.815. The van der Waals surface area contributed by atoms with Crippen molar-refractivity contribution in [3.05, 3.63) is 89.8 Å². The number of Topliss-reactive ketones (excluding diaryl/α,β-unsaturated/α-hetero) is 1. The molecule has 0 saturated carbocycles. The molecule has 1 atom stereocenters. The average Bonchev–Trinajstić information content (AvgIpc) is 3.19. The van der Waals surface area contributed by atoms with Gasteiger partial charge in [0.25, 0.3) is 11.7 Å². The van der Waals surface area contributed by atoms with Gasteiger partial charge < -0.3 is 19.6 Å². The van der Waals surface area contributed by atoms with Crippen molar-refractivity contribution in [3.63, 3.8) is 0 Å². The highest BCUT2D eigenvalue weighted by Crippen LogP contribution is 2.42. The molecule has 196 valence electrons. The van der Waals surface area contributed by atoms with Crippen LogP contribution in [0.1, 0.15) is 31.0 Å². The highest BCUT2D eigenvalue weighted by molar-refractivity contribution is 6.51. The molecule has 8 heteroatoms. The maximum absolute atomic E-state index is 13.4. The van der Waals surface area contributed by atoms with Gasteiger partial charge in [0.2, 0.25) is 0 Å². The van der Waals surface area contributed by atoms with Crippen molar-refractivity contribution in [2.45, 2.75) is 26.0 Å². The van der Waals surface area contributed by atoms with Crippen molar-refractivity contribution in [2.24, 2.45) is 0 Å². The first-order valence-electron chi connectivity index (χ1n) is 12.8. The number of rotatable bonds is 6. The Hall–Kier alpha value is -4.17. The summed E-state index contributed by atoms with van der Waals surface area (Å²) in [5.41, 5.74) is 2.75. The fourth-order valence-electron chi connectivity index (χ4n) is 4.96. The molecule has 2 aliphatic heterocycles. The molecule has 1 N–H and O–H groups in total. The first-order valence-corrected chi connectivity index (χ1v) is 12.8. The highest BCUT2D eigenvalue weighted by Gasteiger charge is 2.47. The van der Waals surface area contributed by atoms with Crippen LogP contribution in [0.15, 0.2) is 78.6 Å². The van der Waals surface area contributed by atoms with Gasteiger partial charge >= 0.3 is 0 Å². The molecular weight excluding hydrogens is 480 g/mol. The van der Waals surface area contributed by atoms with Gasteiger partial charge in [-0.1, -0.05) is 6.07 Å². The maximum atomic E-state index is 13.4. The van der Waals surface area contributed by atoms with Crippen LogP contribution < -0.4 is 14.5 Å².